The summed E-state index contributed by atoms with van der Waals surface area (Å²) in [6.07, 6.45) is 0. The Kier molecular flexibility index (Phi) is 3.85. The molecule has 1 aromatic carbocycles. The largest absolute Gasteiger partial charge is 0.332 e. The van der Waals surface area contributed by atoms with E-state index in [2.05, 4.69) is 52.9 Å². The smallest absolute Gasteiger partial charge is 0.175 e. The van der Waals surface area contributed by atoms with Crippen LogP contribution in [0.2, 0.25) is 0 Å². The van der Waals surface area contributed by atoms with Crippen molar-refractivity contribution in [1.29, 1.82) is 0 Å². The topological polar surface area (TPSA) is 52.7 Å². The summed E-state index contributed by atoms with van der Waals surface area (Å²) in [6.45, 7) is 8.01. The van der Waals surface area contributed by atoms with Gasteiger partial charge in [0, 0.05) is 5.69 Å². The summed E-state index contributed by atoms with van der Waals surface area (Å²) in [5, 5.41) is 14.0. The van der Waals surface area contributed by atoms with Crippen LogP contribution in [0, 0.1) is 27.7 Å². The SMILES string of the molecule is Cc1ccc(C)c(NC(=S)Nc2c(C)n[nH]c2C)c1. The highest BCUT2D eigenvalue weighted by Gasteiger charge is 2.08. The Hall–Kier alpha value is -1.88. The van der Waals surface area contributed by atoms with E-state index in [1.54, 1.807) is 0 Å². The average molecular weight is 274 g/mol. The molecule has 0 radical (unpaired) electrons. The second-order valence-corrected chi connectivity index (χ2v) is 5.11. The zero-order valence-electron chi connectivity index (χ0n) is 11.6. The average Bonchev–Trinajstić information content (AvgIpc) is 2.65. The van der Waals surface area contributed by atoms with Crippen molar-refractivity contribution >= 4 is 28.7 Å². The standard InChI is InChI=1S/C14H18N4S/c1-8-5-6-9(2)12(7-8)15-14(19)16-13-10(3)17-18-11(13)4/h5-7H,1-4H3,(H,17,18)(H2,15,16,19). The summed E-state index contributed by atoms with van der Waals surface area (Å²) in [5.41, 5.74) is 6.20. The van der Waals surface area contributed by atoms with E-state index < -0.39 is 0 Å². The third-order valence-corrected chi connectivity index (χ3v) is 3.21. The quantitative estimate of drug-likeness (QED) is 0.734. The molecule has 0 saturated carbocycles. The van der Waals surface area contributed by atoms with Gasteiger partial charge in [-0.05, 0) is 57.1 Å². The molecule has 100 valence electrons. The van der Waals surface area contributed by atoms with Crippen LogP contribution in [0.4, 0.5) is 11.4 Å². The molecule has 0 saturated heterocycles. The van der Waals surface area contributed by atoms with Crippen molar-refractivity contribution < 1.29 is 0 Å². The second-order valence-electron chi connectivity index (χ2n) is 4.71. The molecule has 4 nitrogen and oxygen atoms in total. The van der Waals surface area contributed by atoms with E-state index in [0.717, 1.165) is 28.3 Å². The summed E-state index contributed by atoms with van der Waals surface area (Å²) in [7, 11) is 0. The highest BCUT2D eigenvalue weighted by atomic mass is 32.1. The molecular formula is C14H18N4S. The zero-order chi connectivity index (χ0) is 14.0. The van der Waals surface area contributed by atoms with Crippen LogP contribution in [0.25, 0.3) is 0 Å². The minimum absolute atomic E-state index is 0.571. The fraction of sp³-hybridized carbons (Fsp3) is 0.286. The van der Waals surface area contributed by atoms with Crippen molar-refractivity contribution in [3.05, 3.63) is 40.7 Å². The van der Waals surface area contributed by atoms with Crippen molar-refractivity contribution in [3.8, 4) is 0 Å². The molecule has 19 heavy (non-hydrogen) atoms. The van der Waals surface area contributed by atoms with E-state index in [0.29, 0.717) is 5.11 Å². The van der Waals surface area contributed by atoms with Crippen LogP contribution >= 0.6 is 12.2 Å². The van der Waals surface area contributed by atoms with Crippen molar-refractivity contribution in [2.24, 2.45) is 0 Å². The number of benzene rings is 1. The molecule has 1 aromatic heterocycles. The second kappa shape index (κ2) is 5.40. The first-order valence-corrected chi connectivity index (χ1v) is 6.55. The van der Waals surface area contributed by atoms with Crippen LogP contribution in [0.3, 0.4) is 0 Å². The predicted molar refractivity (Wildman–Crippen MR) is 83.8 cm³/mol. The molecule has 0 fully saturated rings. The van der Waals surface area contributed by atoms with Crippen LogP contribution < -0.4 is 10.6 Å². The third-order valence-electron chi connectivity index (χ3n) is 3.01. The van der Waals surface area contributed by atoms with Gasteiger partial charge in [-0.15, -0.1) is 0 Å². The molecule has 0 unspecified atom stereocenters. The molecule has 2 rings (SSSR count). The van der Waals surface area contributed by atoms with E-state index in [4.69, 9.17) is 12.2 Å². The van der Waals surface area contributed by atoms with Crippen LogP contribution in [0.15, 0.2) is 18.2 Å². The summed E-state index contributed by atoms with van der Waals surface area (Å²) in [4.78, 5) is 0. The van der Waals surface area contributed by atoms with Gasteiger partial charge in [0.05, 0.1) is 17.1 Å². The van der Waals surface area contributed by atoms with Gasteiger partial charge in [-0.3, -0.25) is 5.10 Å². The van der Waals surface area contributed by atoms with E-state index in [-0.39, 0.29) is 0 Å². The number of aromatic nitrogens is 2. The lowest BCUT2D eigenvalue weighted by atomic mass is 10.1. The van der Waals surface area contributed by atoms with Crippen molar-refractivity contribution in [2.45, 2.75) is 27.7 Å². The van der Waals surface area contributed by atoms with Crippen molar-refractivity contribution in [1.82, 2.24) is 10.2 Å². The number of aromatic amines is 1. The lowest BCUT2D eigenvalue weighted by Gasteiger charge is -2.13. The van der Waals surface area contributed by atoms with Gasteiger partial charge in [0.2, 0.25) is 0 Å². The minimum atomic E-state index is 0.571. The van der Waals surface area contributed by atoms with Gasteiger partial charge in [-0.1, -0.05) is 12.1 Å². The normalized spacial score (nSPS) is 10.3. The number of thiocarbonyl (C=S) groups is 1. The molecule has 0 aliphatic rings. The Morgan fingerprint density at radius 1 is 1.16 bits per heavy atom. The Morgan fingerprint density at radius 3 is 2.53 bits per heavy atom. The first kappa shape index (κ1) is 13.5. The molecular weight excluding hydrogens is 256 g/mol. The first-order chi connectivity index (χ1) is 8.97. The third kappa shape index (κ3) is 3.12. The van der Waals surface area contributed by atoms with Crippen molar-refractivity contribution in [3.63, 3.8) is 0 Å². The lowest BCUT2D eigenvalue weighted by Crippen LogP contribution is -2.20. The summed E-state index contributed by atoms with van der Waals surface area (Å²) >= 11 is 5.34. The van der Waals surface area contributed by atoms with Gasteiger partial charge >= 0.3 is 0 Å². The molecule has 0 bridgehead atoms. The van der Waals surface area contributed by atoms with E-state index in [9.17, 15) is 0 Å². The molecule has 5 heteroatoms. The first-order valence-electron chi connectivity index (χ1n) is 6.14. The van der Waals surface area contributed by atoms with E-state index >= 15 is 0 Å². The van der Waals surface area contributed by atoms with Gasteiger partial charge in [0.15, 0.2) is 5.11 Å². The molecule has 0 atom stereocenters. The Bertz CT molecular complexity index is 596. The van der Waals surface area contributed by atoms with Gasteiger partial charge in [0.25, 0.3) is 0 Å². The molecule has 0 aliphatic carbocycles. The Morgan fingerprint density at radius 2 is 1.89 bits per heavy atom. The predicted octanol–water partition coefficient (Wildman–Crippen LogP) is 3.45. The molecule has 0 spiro atoms. The highest BCUT2D eigenvalue weighted by molar-refractivity contribution is 7.80. The Balaban J connectivity index is 2.12. The fourth-order valence-corrected chi connectivity index (χ4v) is 2.08. The molecule has 3 N–H and O–H groups in total. The lowest BCUT2D eigenvalue weighted by molar-refractivity contribution is 1.02. The number of rotatable bonds is 2. The van der Waals surface area contributed by atoms with Crippen LogP contribution in [-0.2, 0) is 0 Å². The fourth-order valence-electron chi connectivity index (χ4n) is 1.87. The van der Waals surface area contributed by atoms with Gasteiger partial charge < -0.3 is 10.6 Å². The maximum atomic E-state index is 5.34. The monoisotopic (exact) mass is 274 g/mol. The molecule has 2 aromatic rings. The number of H-pyrrole nitrogens is 1. The summed E-state index contributed by atoms with van der Waals surface area (Å²) in [6, 6.07) is 6.24. The maximum Gasteiger partial charge on any atom is 0.175 e. The van der Waals surface area contributed by atoms with Gasteiger partial charge in [-0.2, -0.15) is 5.10 Å². The van der Waals surface area contributed by atoms with Crippen LogP contribution in [-0.4, -0.2) is 15.3 Å². The maximum absolute atomic E-state index is 5.34. The summed E-state index contributed by atoms with van der Waals surface area (Å²) < 4.78 is 0. The number of anilines is 2. The molecule has 0 aliphatic heterocycles. The van der Waals surface area contributed by atoms with Gasteiger partial charge in [-0.25, -0.2) is 0 Å². The molecule has 1 heterocycles. The number of hydrogen-bond donors (Lipinski definition) is 3. The van der Waals surface area contributed by atoms with Crippen molar-refractivity contribution in [2.75, 3.05) is 10.6 Å². The summed E-state index contributed by atoms with van der Waals surface area (Å²) in [5.74, 6) is 0. The number of aryl methyl sites for hydroxylation is 4. The van der Waals surface area contributed by atoms with E-state index in [1.807, 2.05) is 13.8 Å². The van der Waals surface area contributed by atoms with E-state index in [1.165, 1.54) is 5.56 Å². The van der Waals surface area contributed by atoms with Crippen LogP contribution in [0.5, 0.6) is 0 Å². The number of nitrogens with one attached hydrogen (secondary N) is 3. The minimum Gasteiger partial charge on any atom is -0.332 e. The number of nitrogens with zero attached hydrogens (tertiary/aromatic N) is 1. The van der Waals surface area contributed by atoms with Gasteiger partial charge in [0.1, 0.15) is 0 Å². The number of hydrogen-bond acceptors (Lipinski definition) is 2. The Labute approximate surface area is 118 Å². The zero-order valence-corrected chi connectivity index (χ0v) is 12.4. The molecule has 0 amide bonds. The van der Waals surface area contributed by atoms with Crippen LogP contribution in [0.1, 0.15) is 22.5 Å². The highest BCUT2D eigenvalue weighted by Crippen LogP contribution is 2.19.